The number of rotatable bonds is 2. The zero-order valence-corrected chi connectivity index (χ0v) is 14.4. The van der Waals surface area contributed by atoms with E-state index >= 15 is 0 Å². The smallest absolute Gasteiger partial charge is 0.224 e. The van der Waals surface area contributed by atoms with Gasteiger partial charge in [-0.15, -0.1) is 11.8 Å². The summed E-state index contributed by atoms with van der Waals surface area (Å²) in [5.41, 5.74) is 1.17. The first-order valence-corrected chi connectivity index (χ1v) is 9.68. The predicted octanol–water partition coefficient (Wildman–Crippen LogP) is 1.93. The molecule has 0 saturated carbocycles. The van der Waals surface area contributed by atoms with Gasteiger partial charge in [-0.25, -0.2) is 0 Å². The van der Waals surface area contributed by atoms with Crippen LogP contribution in [0.3, 0.4) is 0 Å². The number of carbonyl (C=O) groups excluding carboxylic acids is 1. The molecule has 0 bridgehead atoms. The molecule has 4 aliphatic rings. The van der Waals surface area contributed by atoms with Crippen LogP contribution in [-0.4, -0.2) is 47.3 Å². The second-order valence-electron chi connectivity index (χ2n) is 7.06. The third-order valence-electron chi connectivity index (χ3n) is 5.69. The number of hydrogen-bond donors (Lipinski definition) is 2. The van der Waals surface area contributed by atoms with Crippen molar-refractivity contribution in [1.82, 2.24) is 10.6 Å². The molecule has 124 valence electrons. The van der Waals surface area contributed by atoms with E-state index in [1.807, 2.05) is 11.8 Å². The number of hydrogen-bond acceptors (Lipinski definition) is 4. The Morgan fingerprint density at radius 2 is 2.17 bits per heavy atom. The lowest BCUT2D eigenvalue weighted by Crippen LogP contribution is -2.50. The molecule has 2 saturated heterocycles. The Bertz CT molecular complexity index is 579. The lowest BCUT2D eigenvalue weighted by Gasteiger charge is -2.38. The molecule has 0 aromatic rings. The first-order chi connectivity index (χ1) is 11.2. The highest BCUT2D eigenvalue weighted by atomic mass is 32.2. The number of thioether (sulfide) groups is 1. The molecule has 1 spiro atoms. The average Bonchev–Trinajstić information content (AvgIpc) is 2.85. The minimum absolute atomic E-state index is 0.0669. The van der Waals surface area contributed by atoms with Crippen LogP contribution in [0.4, 0.5) is 0 Å². The molecular formula is C18H25N3OS. The number of amides is 1. The number of nitrogens with one attached hydrogen (secondary N) is 2. The summed E-state index contributed by atoms with van der Waals surface area (Å²) in [6, 6.07) is 0.344. The zero-order chi connectivity index (χ0) is 15.9. The summed E-state index contributed by atoms with van der Waals surface area (Å²) in [5.74, 6) is 0.734. The van der Waals surface area contributed by atoms with E-state index in [4.69, 9.17) is 4.99 Å². The molecule has 4 atom stereocenters. The van der Waals surface area contributed by atoms with Gasteiger partial charge in [-0.1, -0.05) is 25.2 Å². The molecule has 0 aromatic heterocycles. The first kappa shape index (κ1) is 15.5. The zero-order valence-electron chi connectivity index (χ0n) is 13.6. The van der Waals surface area contributed by atoms with Crippen LogP contribution in [0.1, 0.15) is 26.2 Å². The number of allylic oxidation sites excluding steroid dienone is 3. The van der Waals surface area contributed by atoms with E-state index in [2.05, 4.69) is 41.9 Å². The molecule has 0 aromatic carbocycles. The van der Waals surface area contributed by atoms with Crippen LogP contribution >= 0.6 is 11.8 Å². The van der Waals surface area contributed by atoms with E-state index in [1.165, 1.54) is 5.71 Å². The summed E-state index contributed by atoms with van der Waals surface area (Å²) < 4.78 is -0.0669. The molecule has 23 heavy (non-hydrogen) atoms. The maximum Gasteiger partial charge on any atom is 0.224 e. The summed E-state index contributed by atoms with van der Waals surface area (Å²) in [7, 11) is 0. The predicted molar refractivity (Wildman–Crippen MR) is 96.0 cm³/mol. The minimum atomic E-state index is -0.0669. The maximum atomic E-state index is 13.0. The molecule has 4 nitrogen and oxygen atoms in total. The normalized spacial score (nSPS) is 39.5. The number of nitrogens with zero attached hydrogens (tertiary/aromatic N) is 1. The van der Waals surface area contributed by atoms with Gasteiger partial charge < -0.3 is 10.6 Å². The minimum Gasteiger partial charge on any atom is -0.353 e. The maximum absolute atomic E-state index is 13.0. The third kappa shape index (κ3) is 2.58. The number of aliphatic imine (C=N–C) groups is 1. The first-order valence-electron chi connectivity index (χ1n) is 8.80. The molecule has 1 aliphatic carbocycles. The molecule has 2 fully saturated rings. The van der Waals surface area contributed by atoms with E-state index in [-0.39, 0.29) is 16.6 Å². The molecule has 4 unspecified atom stereocenters. The van der Waals surface area contributed by atoms with Crippen molar-refractivity contribution < 1.29 is 4.79 Å². The SMILES string of the molecule is CC1SC23C=CC=CC2=NCCC3C1C(=O)NC1CCNCC1. The average molecular weight is 331 g/mol. The molecule has 4 rings (SSSR count). The second-order valence-corrected chi connectivity index (χ2v) is 8.71. The van der Waals surface area contributed by atoms with E-state index in [0.29, 0.717) is 17.2 Å². The Morgan fingerprint density at radius 3 is 3.00 bits per heavy atom. The Hall–Kier alpha value is -1.07. The molecular weight excluding hydrogens is 306 g/mol. The summed E-state index contributed by atoms with van der Waals surface area (Å²) in [6.07, 6.45) is 11.7. The lowest BCUT2D eigenvalue weighted by atomic mass is 9.72. The highest BCUT2D eigenvalue weighted by molar-refractivity contribution is 8.02. The van der Waals surface area contributed by atoms with Gasteiger partial charge in [-0.2, -0.15) is 0 Å². The van der Waals surface area contributed by atoms with E-state index in [0.717, 1.165) is 38.9 Å². The fraction of sp³-hybridized carbons (Fsp3) is 0.667. The topological polar surface area (TPSA) is 53.5 Å². The summed E-state index contributed by atoms with van der Waals surface area (Å²) in [5, 5.41) is 7.04. The van der Waals surface area contributed by atoms with Gasteiger partial charge in [0.25, 0.3) is 0 Å². The van der Waals surface area contributed by atoms with Gasteiger partial charge in [0, 0.05) is 17.8 Å². The number of carbonyl (C=O) groups is 1. The molecule has 5 heteroatoms. The quantitative estimate of drug-likeness (QED) is 0.813. The third-order valence-corrected chi connectivity index (χ3v) is 7.39. The van der Waals surface area contributed by atoms with Crippen LogP contribution in [0, 0.1) is 11.8 Å². The van der Waals surface area contributed by atoms with Gasteiger partial charge in [0.15, 0.2) is 0 Å². The van der Waals surface area contributed by atoms with Crippen molar-refractivity contribution in [3.63, 3.8) is 0 Å². The van der Waals surface area contributed by atoms with Gasteiger partial charge in [0.2, 0.25) is 5.91 Å². The van der Waals surface area contributed by atoms with Crippen molar-refractivity contribution in [2.75, 3.05) is 19.6 Å². The fourth-order valence-electron chi connectivity index (χ4n) is 4.59. The Kier molecular flexibility index (Phi) is 4.10. The van der Waals surface area contributed by atoms with E-state index in [9.17, 15) is 4.79 Å². The molecule has 2 N–H and O–H groups in total. The molecule has 3 aliphatic heterocycles. The largest absolute Gasteiger partial charge is 0.353 e. The summed E-state index contributed by atoms with van der Waals surface area (Å²) >= 11 is 1.94. The van der Waals surface area contributed by atoms with Gasteiger partial charge in [-0.05, 0) is 44.3 Å². The van der Waals surface area contributed by atoms with Gasteiger partial charge >= 0.3 is 0 Å². The van der Waals surface area contributed by atoms with Crippen LogP contribution < -0.4 is 10.6 Å². The highest BCUT2D eigenvalue weighted by Crippen LogP contribution is 2.56. The monoisotopic (exact) mass is 331 g/mol. The van der Waals surface area contributed by atoms with Gasteiger partial charge in [-0.3, -0.25) is 9.79 Å². The fourth-order valence-corrected chi connectivity index (χ4v) is 6.51. The Morgan fingerprint density at radius 1 is 1.35 bits per heavy atom. The van der Waals surface area contributed by atoms with Crippen LogP contribution in [-0.2, 0) is 4.79 Å². The summed E-state index contributed by atoms with van der Waals surface area (Å²) in [4.78, 5) is 17.8. The van der Waals surface area contributed by atoms with Crippen molar-refractivity contribution >= 4 is 23.4 Å². The number of piperidine rings is 1. The Labute approximate surface area is 142 Å². The summed E-state index contributed by atoms with van der Waals surface area (Å²) in [6.45, 7) is 5.09. The van der Waals surface area contributed by atoms with Crippen molar-refractivity contribution in [2.45, 2.75) is 42.2 Å². The second kappa shape index (κ2) is 6.10. The van der Waals surface area contributed by atoms with Crippen molar-refractivity contribution in [2.24, 2.45) is 16.8 Å². The lowest BCUT2D eigenvalue weighted by molar-refractivity contribution is -0.127. The van der Waals surface area contributed by atoms with Crippen LogP contribution in [0.2, 0.25) is 0 Å². The van der Waals surface area contributed by atoms with Crippen LogP contribution in [0.5, 0.6) is 0 Å². The van der Waals surface area contributed by atoms with Crippen molar-refractivity contribution in [3.8, 4) is 0 Å². The van der Waals surface area contributed by atoms with Crippen LogP contribution in [0.25, 0.3) is 0 Å². The highest BCUT2D eigenvalue weighted by Gasteiger charge is 2.57. The standard InChI is InChI=1S/C18H25N3OS/c1-12-16(17(22)21-13-5-9-19-10-6-13)14-7-11-20-15-4-2-3-8-18(14,15)23-12/h2-4,8,12-14,16,19H,5-7,9-11H2,1H3,(H,21,22). The van der Waals surface area contributed by atoms with Crippen molar-refractivity contribution in [3.05, 3.63) is 24.3 Å². The van der Waals surface area contributed by atoms with Crippen LogP contribution in [0.15, 0.2) is 29.3 Å². The van der Waals surface area contributed by atoms with E-state index in [1.54, 1.807) is 0 Å². The Balaban J connectivity index is 1.55. The van der Waals surface area contributed by atoms with Gasteiger partial charge in [0.05, 0.1) is 16.4 Å². The molecule has 0 radical (unpaired) electrons. The van der Waals surface area contributed by atoms with Crippen molar-refractivity contribution in [1.29, 1.82) is 0 Å². The molecule has 3 heterocycles. The van der Waals surface area contributed by atoms with Gasteiger partial charge in [0.1, 0.15) is 0 Å². The van der Waals surface area contributed by atoms with E-state index < -0.39 is 0 Å². The molecule has 1 amide bonds.